The van der Waals surface area contributed by atoms with Crippen LogP contribution in [0.15, 0.2) is 61.7 Å². The second kappa shape index (κ2) is 9.19. The number of methoxy groups -OCH3 is 2. The number of rotatable bonds is 4. The summed E-state index contributed by atoms with van der Waals surface area (Å²) >= 11 is 0. The molecule has 0 aromatic carbocycles. The average Bonchev–Trinajstić information content (AvgIpc) is 3.72. The molecule has 0 N–H and O–H groups in total. The van der Waals surface area contributed by atoms with Crippen LogP contribution >= 0.6 is 0 Å². The Morgan fingerprint density at radius 3 is 1.39 bits per heavy atom. The van der Waals surface area contributed by atoms with Gasteiger partial charge in [-0.25, -0.2) is 9.03 Å². The molecule has 6 heterocycles. The number of ether oxygens (including phenoxy) is 2. The number of pyridine rings is 2. The van der Waals surface area contributed by atoms with Crippen molar-refractivity contribution in [3.8, 4) is 57.4 Å². The quantitative estimate of drug-likeness (QED) is 0.344. The summed E-state index contributed by atoms with van der Waals surface area (Å²) < 4.78 is 18.3. The van der Waals surface area contributed by atoms with E-state index < -0.39 is 0 Å². The fraction of sp³-hybridized carbons (Fsp3) is 0.143. The highest BCUT2D eigenvalue weighted by Gasteiger charge is 2.14. The first-order chi connectivity index (χ1) is 18.5. The fourth-order valence-electron chi connectivity index (χ4n) is 4.32. The zero-order valence-electron chi connectivity index (χ0n) is 21.2. The molecule has 6 rings (SSSR count). The third-order valence-corrected chi connectivity index (χ3v) is 6.13. The smallest absolute Gasteiger partial charge is 0.146 e. The molecule has 0 atom stereocenters. The molecule has 0 aliphatic rings. The first-order valence-electron chi connectivity index (χ1n) is 11.6. The Balaban J connectivity index is 1.33. The zero-order chi connectivity index (χ0) is 26.2. The predicted octanol–water partition coefficient (Wildman–Crippen LogP) is 3.20. The molecule has 0 saturated heterocycles. The molecule has 0 bridgehead atoms. The number of nitrogens with zero attached hydrogens (tertiary/aromatic N) is 8. The van der Waals surface area contributed by atoms with Gasteiger partial charge in [-0.05, 0) is 35.8 Å². The van der Waals surface area contributed by atoms with Gasteiger partial charge in [-0.15, -0.1) is 0 Å². The van der Waals surface area contributed by atoms with E-state index in [2.05, 4.69) is 44.1 Å². The van der Waals surface area contributed by atoms with Crippen LogP contribution in [-0.2, 0) is 14.1 Å². The normalized spacial score (nSPS) is 10.7. The van der Waals surface area contributed by atoms with Crippen molar-refractivity contribution in [1.82, 2.24) is 38.8 Å². The largest absolute Gasteiger partial charge is 0.494 e. The highest BCUT2D eigenvalue weighted by Crippen LogP contribution is 2.30. The predicted molar refractivity (Wildman–Crippen MR) is 142 cm³/mol. The van der Waals surface area contributed by atoms with E-state index in [1.165, 1.54) is 0 Å². The van der Waals surface area contributed by atoms with E-state index in [-0.39, 0.29) is 0 Å². The van der Waals surface area contributed by atoms with Gasteiger partial charge in [0.25, 0.3) is 0 Å². The Morgan fingerprint density at radius 2 is 1.03 bits per heavy atom. The maximum atomic E-state index is 5.66. The third kappa shape index (κ3) is 4.00. The van der Waals surface area contributed by atoms with Crippen LogP contribution in [0.3, 0.4) is 0 Å². The van der Waals surface area contributed by atoms with Crippen LogP contribution in [0.4, 0.5) is 0 Å². The Kier molecular flexibility index (Phi) is 5.55. The van der Waals surface area contributed by atoms with E-state index in [0.717, 1.165) is 33.3 Å². The summed E-state index contributed by atoms with van der Waals surface area (Å²) in [5.41, 5.74) is 6.80. The SMILES string of the molecule is COc1cc(-c2cnn(C)c2)cn2ncc(C#CC#Cc3cnn4cc(-c5cnn(C)c5)cc(OC)c34)c12. The lowest BCUT2D eigenvalue weighted by atomic mass is 10.1. The van der Waals surface area contributed by atoms with Crippen molar-refractivity contribution in [2.45, 2.75) is 0 Å². The van der Waals surface area contributed by atoms with E-state index >= 15 is 0 Å². The van der Waals surface area contributed by atoms with Crippen LogP contribution in [0.5, 0.6) is 11.5 Å². The Morgan fingerprint density at radius 1 is 0.579 bits per heavy atom. The molecule has 0 unspecified atom stereocenters. The van der Waals surface area contributed by atoms with Crippen LogP contribution in [0, 0.1) is 23.7 Å². The monoisotopic (exact) mass is 502 g/mol. The van der Waals surface area contributed by atoms with E-state index in [1.807, 2.05) is 51.0 Å². The molecule has 0 fully saturated rings. The van der Waals surface area contributed by atoms with Gasteiger partial charge < -0.3 is 9.47 Å². The average molecular weight is 503 g/mol. The van der Waals surface area contributed by atoms with E-state index in [4.69, 9.17) is 9.47 Å². The summed E-state index contributed by atoms with van der Waals surface area (Å²) in [5.74, 6) is 13.4. The lowest BCUT2D eigenvalue weighted by Gasteiger charge is -2.06. The van der Waals surface area contributed by atoms with Gasteiger partial charge in [0.15, 0.2) is 0 Å². The first kappa shape index (κ1) is 23.0. The van der Waals surface area contributed by atoms with Crippen molar-refractivity contribution < 1.29 is 9.47 Å². The van der Waals surface area contributed by atoms with Crippen LogP contribution < -0.4 is 9.47 Å². The molecule has 0 saturated carbocycles. The van der Waals surface area contributed by atoms with Crippen molar-refractivity contribution in [2.75, 3.05) is 14.2 Å². The van der Waals surface area contributed by atoms with Crippen molar-refractivity contribution in [2.24, 2.45) is 14.1 Å². The van der Waals surface area contributed by atoms with Crippen LogP contribution in [0.2, 0.25) is 0 Å². The minimum Gasteiger partial charge on any atom is -0.494 e. The van der Waals surface area contributed by atoms with Gasteiger partial charge >= 0.3 is 0 Å². The van der Waals surface area contributed by atoms with Crippen LogP contribution in [0.25, 0.3) is 33.3 Å². The molecule has 6 aromatic heterocycles. The highest BCUT2D eigenvalue weighted by molar-refractivity contribution is 5.77. The highest BCUT2D eigenvalue weighted by atomic mass is 16.5. The van der Waals surface area contributed by atoms with Gasteiger partial charge in [-0.1, -0.05) is 0 Å². The maximum absolute atomic E-state index is 5.66. The Bertz CT molecular complexity index is 1810. The molecule has 6 aromatic rings. The van der Waals surface area contributed by atoms with E-state index in [1.54, 1.807) is 57.4 Å². The molecule has 0 aliphatic heterocycles. The second-order valence-corrected chi connectivity index (χ2v) is 8.60. The summed E-state index contributed by atoms with van der Waals surface area (Å²) in [6.07, 6.45) is 14.7. The third-order valence-electron chi connectivity index (χ3n) is 6.13. The number of hydrogen-bond donors (Lipinski definition) is 0. The molecule has 0 amide bonds. The van der Waals surface area contributed by atoms with Gasteiger partial charge in [0.1, 0.15) is 22.5 Å². The minimum absolute atomic E-state index is 0.665. The maximum Gasteiger partial charge on any atom is 0.146 e. The number of fused-ring (bicyclic) bond motifs is 2. The molecular formula is C28H22N8O2. The number of aryl methyl sites for hydroxylation is 2. The molecule has 186 valence electrons. The lowest BCUT2D eigenvalue weighted by molar-refractivity contribution is 0.417. The molecule has 0 radical (unpaired) electrons. The molecule has 38 heavy (non-hydrogen) atoms. The first-order valence-corrected chi connectivity index (χ1v) is 11.6. The number of hydrogen-bond acceptors (Lipinski definition) is 6. The van der Waals surface area contributed by atoms with Crippen LogP contribution in [-0.4, -0.2) is 53.0 Å². The van der Waals surface area contributed by atoms with Crippen LogP contribution in [0.1, 0.15) is 11.1 Å². The van der Waals surface area contributed by atoms with Gasteiger partial charge in [-0.2, -0.15) is 20.4 Å². The van der Waals surface area contributed by atoms with Gasteiger partial charge in [-0.3, -0.25) is 9.36 Å². The summed E-state index contributed by atoms with van der Waals surface area (Å²) in [7, 11) is 7.02. The lowest BCUT2D eigenvalue weighted by Crippen LogP contribution is -1.94. The topological polar surface area (TPSA) is 88.7 Å². The van der Waals surface area contributed by atoms with Crippen molar-refractivity contribution in [3.05, 3.63) is 72.8 Å². The molecule has 0 spiro atoms. The van der Waals surface area contributed by atoms with E-state index in [9.17, 15) is 0 Å². The van der Waals surface area contributed by atoms with Gasteiger partial charge in [0.2, 0.25) is 0 Å². The second-order valence-electron chi connectivity index (χ2n) is 8.60. The van der Waals surface area contributed by atoms with Gasteiger partial charge in [0.05, 0.1) is 50.1 Å². The van der Waals surface area contributed by atoms with Gasteiger partial charge in [0, 0.05) is 61.1 Å². The Hall–Kier alpha value is -5.48. The molecule has 10 nitrogen and oxygen atoms in total. The summed E-state index contributed by atoms with van der Waals surface area (Å²) in [6.45, 7) is 0. The van der Waals surface area contributed by atoms with Crippen molar-refractivity contribution >= 4 is 11.0 Å². The van der Waals surface area contributed by atoms with E-state index in [0.29, 0.717) is 22.6 Å². The molecule has 0 aliphatic carbocycles. The Labute approximate surface area is 218 Å². The number of aromatic nitrogens is 8. The van der Waals surface area contributed by atoms with Crippen molar-refractivity contribution in [1.29, 1.82) is 0 Å². The standard InChI is InChI=1S/C28H22N8O2/c1-33-15-23(13-29-33)21-9-25(37-3)27-19(11-31-35(27)17-21)7-5-6-8-20-12-32-36-18-22(10-26(38-4)28(20)36)24-14-30-34(2)16-24/h9-18H,1-4H3. The molecular weight excluding hydrogens is 480 g/mol. The zero-order valence-corrected chi connectivity index (χ0v) is 21.2. The summed E-state index contributed by atoms with van der Waals surface area (Å²) in [6, 6.07) is 3.91. The fourth-order valence-corrected chi connectivity index (χ4v) is 4.32. The summed E-state index contributed by atoms with van der Waals surface area (Å²) in [4.78, 5) is 0. The summed E-state index contributed by atoms with van der Waals surface area (Å²) in [5, 5.41) is 17.4. The minimum atomic E-state index is 0.665. The molecule has 10 heteroatoms. The van der Waals surface area contributed by atoms with Crippen molar-refractivity contribution in [3.63, 3.8) is 0 Å².